The van der Waals surface area contributed by atoms with Crippen LogP contribution in [0.15, 0.2) is 18.2 Å². The van der Waals surface area contributed by atoms with E-state index in [0.717, 1.165) is 0 Å². The number of carboxylic acid groups (broad SMARTS) is 1. The molecule has 1 atom stereocenters. The molecule has 0 spiro atoms. The lowest BCUT2D eigenvalue weighted by Gasteiger charge is -2.39. The van der Waals surface area contributed by atoms with Crippen LogP contribution in [0.25, 0.3) is 0 Å². The van der Waals surface area contributed by atoms with Crippen molar-refractivity contribution in [3.63, 3.8) is 0 Å². The number of benzene rings is 1. The van der Waals surface area contributed by atoms with Gasteiger partial charge in [0.15, 0.2) is 0 Å². The monoisotopic (exact) mass is 293 g/mol. The average Bonchev–Trinajstić information content (AvgIpc) is 2.49. The summed E-state index contributed by atoms with van der Waals surface area (Å²) in [5.74, 6) is -1.58. The Morgan fingerprint density at radius 3 is 2.71 bits per heavy atom. The maximum absolute atomic E-state index is 13.6. The molecule has 1 amide bonds. The van der Waals surface area contributed by atoms with Crippen LogP contribution in [0.3, 0.4) is 0 Å². The molecule has 0 bridgehead atoms. The van der Waals surface area contributed by atoms with Crippen LogP contribution < -0.4 is 0 Å². The molecule has 2 rings (SSSR count). The predicted molar refractivity (Wildman–Crippen MR) is 76.6 cm³/mol. The maximum Gasteiger partial charge on any atom is 0.311 e. The van der Waals surface area contributed by atoms with E-state index in [-0.39, 0.29) is 18.0 Å². The number of piperidine rings is 1. The Kier molecular flexibility index (Phi) is 4.30. The fourth-order valence-corrected chi connectivity index (χ4v) is 2.83. The summed E-state index contributed by atoms with van der Waals surface area (Å²) in [7, 11) is 0. The number of carbonyl (C=O) groups excluding carboxylic acids is 1. The normalized spacial score (nSPS) is 22.1. The first-order valence-electron chi connectivity index (χ1n) is 7.18. The van der Waals surface area contributed by atoms with E-state index in [4.69, 9.17) is 0 Å². The van der Waals surface area contributed by atoms with Gasteiger partial charge < -0.3 is 10.0 Å². The van der Waals surface area contributed by atoms with E-state index >= 15 is 0 Å². The van der Waals surface area contributed by atoms with Crippen LogP contribution in [-0.4, -0.2) is 35.0 Å². The number of hydrogen-bond donors (Lipinski definition) is 1. The molecule has 0 radical (unpaired) electrons. The van der Waals surface area contributed by atoms with Gasteiger partial charge in [0.25, 0.3) is 5.91 Å². The first kappa shape index (κ1) is 15.5. The quantitative estimate of drug-likeness (QED) is 0.932. The van der Waals surface area contributed by atoms with E-state index in [9.17, 15) is 19.1 Å². The van der Waals surface area contributed by atoms with Crippen LogP contribution in [0.1, 0.15) is 42.1 Å². The zero-order valence-corrected chi connectivity index (χ0v) is 12.4. The Morgan fingerprint density at radius 1 is 1.43 bits per heavy atom. The van der Waals surface area contributed by atoms with Crippen LogP contribution in [0.2, 0.25) is 0 Å². The first-order chi connectivity index (χ1) is 9.89. The minimum Gasteiger partial charge on any atom is -0.481 e. The molecule has 21 heavy (non-hydrogen) atoms. The number of halogens is 1. The number of hydrogen-bond acceptors (Lipinski definition) is 2. The minimum atomic E-state index is -0.878. The topological polar surface area (TPSA) is 57.6 Å². The summed E-state index contributed by atoms with van der Waals surface area (Å²) >= 11 is 0. The van der Waals surface area contributed by atoms with Gasteiger partial charge in [0.05, 0.1) is 5.41 Å². The van der Waals surface area contributed by atoms with Crippen molar-refractivity contribution in [3.8, 4) is 0 Å². The molecule has 1 unspecified atom stereocenters. The number of nitrogens with zero attached hydrogens (tertiary/aromatic N) is 1. The number of carbonyl (C=O) groups is 2. The van der Waals surface area contributed by atoms with E-state index in [0.29, 0.717) is 31.4 Å². The molecule has 1 heterocycles. The third kappa shape index (κ3) is 2.91. The van der Waals surface area contributed by atoms with E-state index in [1.54, 1.807) is 19.1 Å². The number of carboxylic acids is 1. The first-order valence-corrected chi connectivity index (χ1v) is 7.18. The molecular weight excluding hydrogens is 273 g/mol. The average molecular weight is 293 g/mol. The zero-order valence-electron chi connectivity index (χ0n) is 12.4. The van der Waals surface area contributed by atoms with Crippen molar-refractivity contribution in [3.05, 3.63) is 35.1 Å². The number of aryl methyl sites for hydroxylation is 1. The van der Waals surface area contributed by atoms with Crippen LogP contribution in [0, 0.1) is 18.2 Å². The highest BCUT2D eigenvalue weighted by Crippen LogP contribution is 2.34. The van der Waals surface area contributed by atoms with Gasteiger partial charge in [-0.1, -0.05) is 13.0 Å². The molecule has 1 aliphatic rings. The van der Waals surface area contributed by atoms with Crippen molar-refractivity contribution in [2.75, 3.05) is 13.1 Å². The van der Waals surface area contributed by atoms with Crippen molar-refractivity contribution in [2.45, 2.75) is 33.1 Å². The molecule has 1 aromatic carbocycles. The van der Waals surface area contributed by atoms with Gasteiger partial charge >= 0.3 is 5.97 Å². The summed E-state index contributed by atoms with van der Waals surface area (Å²) in [4.78, 5) is 25.5. The highest BCUT2D eigenvalue weighted by molar-refractivity contribution is 5.94. The second-order valence-electron chi connectivity index (χ2n) is 5.73. The number of amides is 1. The molecular formula is C16H20FNO3. The number of aliphatic carboxylic acids is 1. The SMILES string of the molecule is CCC1(C(=O)O)CCCN(C(=O)c2ccc(C)c(F)c2)C1. The third-order valence-corrected chi connectivity index (χ3v) is 4.41. The Labute approximate surface area is 123 Å². The van der Waals surface area contributed by atoms with Crippen LogP contribution in [-0.2, 0) is 4.79 Å². The predicted octanol–water partition coefficient (Wildman–Crippen LogP) is 2.85. The molecule has 1 aromatic rings. The van der Waals surface area contributed by atoms with E-state index in [1.807, 2.05) is 6.92 Å². The van der Waals surface area contributed by atoms with Crippen LogP contribution in [0.4, 0.5) is 4.39 Å². The fraction of sp³-hybridized carbons (Fsp3) is 0.500. The Morgan fingerprint density at radius 2 is 2.14 bits per heavy atom. The molecule has 4 nitrogen and oxygen atoms in total. The van der Waals surface area contributed by atoms with Gasteiger partial charge in [-0.15, -0.1) is 0 Å². The summed E-state index contributed by atoms with van der Waals surface area (Å²) < 4.78 is 13.6. The van der Waals surface area contributed by atoms with E-state index in [1.165, 1.54) is 11.0 Å². The van der Waals surface area contributed by atoms with Crippen LogP contribution >= 0.6 is 0 Å². The second-order valence-corrected chi connectivity index (χ2v) is 5.73. The summed E-state index contributed by atoms with van der Waals surface area (Å²) in [6.45, 7) is 4.17. The summed E-state index contributed by atoms with van der Waals surface area (Å²) in [5.41, 5.74) is -0.119. The lowest BCUT2D eigenvalue weighted by atomic mass is 9.77. The summed E-state index contributed by atoms with van der Waals surface area (Å²) in [5, 5.41) is 9.44. The lowest BCUT2D eigenvalue weighted by molar-refractivity contribution is -0.152. The molecule has 1 N–H and O–H groups in total. The number of likely N-dealkylation sites (tertiary alicyclic amines) is 1. The van der Waals surface area contributed by atoms with Crippen molar-refractivity contribution in [1.29, 1.82) is 0 Å². The Balaban J connectivity index is 2.22. The van der Waals surface area contributed by atoms with Gasteiger partial charge in [-0.3, -0.25) is 9.59 Å². The van der Waals surface area contributed by atoms with E-state index < -0.39 is 17.2 Å². The molecule has 0 saturated carbocycles. The number of rotatable bonds is 3. The Hall–Kier alpha value is -1.91. The molecule has 114 valence electrons. The van der Waals surface area contributed by atoms with Gasteiger partial charge in [-0.05, 0) is 43.9 Å². The zero-order chi connectivity index (χ0) is 15.6. The second kappa shape index (κ2) is 5.84. The standard InChI is InChI=1S/C16H20FNO3/c1-3-16(15(20)21)7-4-8-18(10-16)14(19)12-6-5-11(2)13(17)9-12/h5-6,9H,3-4,7-8,10H2,1-2H3,(H,20,21). The van der Waals surface area contributed by atoms with Crippen molar-refractivity contribution >= 4 is 11.9 Å². The molecule has 0 aliphatic carbocycles. The van der Waals surface area contributed by atoms with E-state index in [2.05, 4.69) is 0 Å². The molecule has 1 fully saturated rings. The van der Waals surface area contributed by atoms with Crippen molar-refractivity contribution in [2.24, 2.45) is 5.41 Å². The lowest BCUT2D eigenvalue weighted by Crippen LogP contribution is -2.49. The smallest absolute Gasteiger partial charge is 0.311 e. The molecule has 5 heteroatoms. The largest absolute Gasteiger partial charge is 0.481 e. The molecule has 0 aromatic heterocycles. The van der Waals surface area contributed by atoms with Crippen molar-refractivity contribution in [1.82, 2.24) is 4.90 Å². The maximum atomic E-state index is 13.6. The summed E-state index contributed by atoms with van der Waals surface area (Å²) in [6, 6.07) is 4.38. The minimum absolute atomic E-state index is 0.188. The highest BCUT2D eigenvalue weighted by Gasteiger charge is 2.42. The summed E-state index contributed by atoms with van der Waals surface area (Å²) in [6.07, 6.45) is 1.71. The van der Waals surface area contributed by atoms with Gasteiger partial charge in [-0.25, -0.2) is 4.39 Å². The molecule has 1 aliphatic heterocycles. The van der Waals surface area contributed by atoms with Gasteiger partial charge in [-0.2, -0.15) is 0 Å². The van der Waals surface area contributed by atoms with Gasteiger partial charge in [0.1, 0.15) is 5.82 Å². The third-order valence-electron chi connectivity index (χ3n) is 4.41. The van der Waals surface area contributed by atoms with Gasteiger partial charge in [0, 0.05) is 18.7 Å². The van der Waals surface area contributed by atoms with Gasteiger partial charge in [0.2, 0.25) is 0 Å². The molecule has 1 saturated heterocycles. The van der Waals surface area contributed by atoms with Crippen molar-refractivity contribution < 1.29 is 19.1 Å². The highest BCUT2D eigenvalue weighted by atomic mass is 19.1. The Bertz CT molecular complexity index is 573. The van der Waals surface area contributed by atoms with Crippen LogP contribution in [0.5, 0.6) is 0 Å². The fourth-order valence-electron chi connectivity index (χ4n) is 2.83.